The Bertz CT molecular complexity index is 380. The summed E-state index contributed by atoms with van der Waals surface area (Å²) in [6.45, 7) is 0.270. The van der Waals surface area contributed by atoms with Gasteiger partial charge in [-0.05, 0) is 12.1 Å². The summed E-state index contributed by atoms with van der Waals surface area (Å²) in [4.78, 5) is 4.04. The molecule has 1 N–H and O–H groups in total. The van der Waals surface area contributed by atoms with E-state index in [1.54, 1.807) is 18.3 Å². The van der Waals surface area contributed by atoms with Crippen LogP contribution in [-0.4, -0.2) is 31.6 Å². The van der Waals surface area contributed by atoms with Crippen molar-refractivity contribution in [3.63, 3.8) is 0 Å². The van der Waals surface area contributed by atoms with Gasteiger partial charge in [-0.25, -0.2) is 13.1 Å². The molecule has 0 amide bonds. The van der Waals surface area contributed by atoms with Crippen LogP contribution in [0.25, 0.3) is 0 Å². The number of aryl methyl sites for hydroxylation is 1. The molecule has 0 bridgehead atoms. The van der Waals surface area contributed by atoms with Gasteiger partial charge in [-0.2, -0.15) is 0 Å². The first-order valence-electron chi connectivity index (χ1n) is 4.57. The van der Waals surface area contributed by atoms with E-state index < -0.39 is 10.0 Å². The highest BCUT2D eigenvalue weighted by Crippen LogP contribution is 1.97. The monoisotopic (exact) mass is 248 g/mol. The Kier molecular flexibility index (Phi) is 5.01. The Morgan fingerprint density at radius 2 is 2.20 bits per heavy atom. The highest BCUT2D eigenvalue weighted by Gasteiger charge is 2.09. The molecule has 1 aromatic rings. The van der Waals surface area contributed by atoms with E-state index in [0.29, 0.717) is 6.42 Å². The van der Waals surface area contributed by atoms with Gasteiger partial charge in [-0.15, -0.1) is 11.6 Å². The molecule has 0 aliphatic rings. The van der Waals surface area contributed by atoms with Crippen LogP contribution >= 0.6 is 11.6 Å². The minimum absolute atomic E-state index is 0.0426. The largest absolute Gasteiger partial charge is 0.261 e. The Morgan fingerprint density at radius 3 is 2.80 bits per heavy atom. The molecule has 0 radical (unpaired) electrons. The molecule has 0 unspecified atom stereocenters. The molecule has 1 aromatic heterocycles. The molecule has 0 saturated heterocycles. The van der Waals surface area contributed by atoms with Crippen molar-refractivity contribution < 1.29 is 8.42 Å². The van der Waals surface area contributed by atoms with Gasteiger partial charge in [0.15, 0.2) is 0 Å². The molecule has 1 heterocycles. The summed E-state index contributed by atoms with van der Waals surface area (Å²) >= 11 is 5.39. The van der Waals surface area contributed by atoms with Crippen molar-refractivity contribution in [2.24, 2.45) is 0 Å². The van der Waals surface area contributed by atoms with Gasteiger partial charge < -0.3 is 0 Å². The lowest BCUT2D eigenvalue weighted by Gasteiger charge is -2.04. The molecule has 15 heavy (non-hydrogen) atoms. The molecule has 0 fully saturated rings. The maximum atomic E-state index is 11.4. The zero-order valence-electron chi connectivity index (χ0n) is 8.19. The average Bonchev–Trinajstić information content (AvgIpc) is 2.25. The van der Waals surface area contributed by atoms with Gasteiger partial charge >= 0.3 is 0 Å². The van der Waals surface area contributed by atoms with Crippen LogP contribution in [0.1, 0.15) is 5.69 Å². The zero-order valence-corrected chi connectivity index (χ0v) is 9.76. The third-order valence-corrected chi connectivity index (χ3v) is 3.34. The molecule has 4 nitrogen and oxygen atoms in total. The summed E-state index contributed by atoms with van der Waals surface area (Å²) in [5.74, 6) is 0.323. The van der Waals surface area contributed by atoms with Gasteiger partial charge in [0.25, 0.3) is 0 Å². The molecule has 6 heteroatoms. The number of nitrogens with one attached hydrogen (secondary N) is 1. The van der Waals surface area contributed by atoms with Gasteiger partial charge in [0, 0.05) is 30.7 Å². The molecule has 84 valence electrons. The van der Waals surface area contributed by atoms with E-state index in [1.807, 2.05) is 6.07 Å². The lowest BCUT2D eigenvalue weighted by molar-refractivity contribution is 0.583. The quantitative estimate of drug-likeness (QED) is 0.757. The van der Waals surface area contributed by atoms with Gasteiger partial charge in [0.1, 0.15) is 0 Å². The number of halogens is 1. The van der Waals surface area contributed by atoms with E-state index in [4.69, 9.17) is 11.6 Å². The lowest BCUT2D eigenvalue weighted by Crippen LogP contribution is -2.29. The number of pyridine rings is 1. The minimum atomic E-state index is -3.22. The maximum Gasteiger partial charge on any atom is 0.212 e. The maximum absolute atomic E-state index is 11.4. The first kappa shape index (κ1) is 12.4. The molecule has 0 aliphatic heterocycles. The van der Waals surface area contributed by atoms with Crippen molar-refractivity contribution in [3.8, 4) is 0 Å². The molecule has 0 aliphatic carbocycles. The topological polar surface area (TPSA) is 59.1 Å². The number of hydrogen-bond acceptors (Lipinski definition) is 3. The molecule has 0 aromatic carbocycles. The molecule has 1 rings (SSSR count). The van der Waals surface area contributed by atoms with E-state index in [-0.39, 0.29) is 18.2 Å². The summed E-state index contributed by atoms with van der Waals surface area (Å²) in [6, 6.07) is 5.43. The number of hydrogen-bond donors (Lipinski definition) is 1. The van der Waals surface area contributed by atoms with Crippen LogP contribution in [0.15, 0.2) is 24.4 Å². The lowest BCUT2D eigenvalue weighted by atomic mass is 10.3. The molecular weight excluding hydrogens is 236 g/mol. The van der Waals surface area contributed by atoms with Gasteiger partial charge in [-0.1, -0.05) is 6.07 Å². The average molecular weight is 249 g/mol. The number of sulfonamides is 1. The third-order valence-electron chi connectivity index (χ3n) is 1.77. The fourth-order valence-electron chi connectivity index (χ4n) is 1.05. The molecule has 0 atom stereocenters. The van der Waals surface area contributed by atoms with Gasteiger partial charge in [0.05, 0.1) is 5.75 Å². The summed E-state index contributed by atoms with van der Waals surface area (Å²) < 4.78 is 25.1. The van der Waals surface area contributed by atoms with Crippen molar-refractivity contribution in [1.82, 2.24) is 9.71 Å². The van der Waals surface area contributed by atoms with Crippen LogP contribution in [-0.2, 0) is 16.4 Å². The SMILES string of the molecule is O=S(=O)(CCc1ccccn1)NCCCl. The second-order valence-corrected chi connectivity index (χ2v) is 5.28. The van der Waals surface area contributed by atoms with Crippen molar-refractivity contribution in [1.29, 1.82) is 0 Å². The number of aromatic nitrogens is 1. The highest BCUT2D eigenvalue weighted by atomic mass is 35.5. The predicted octanol–water partition coefficient (Wildman–Crippen LogP) is 0.782. The summed E-state index contributed by atoms with van der Waals surface area (Å²) in [5, 5.41) is 0. The number of nitrogens with zero attached hydrogens (tertiary/aromatic N) is 1. The number of rotatable bonds is 6. The third kappa shape index (κ3) is 5.11. The Labute approximate surface area is 94.7 Å². The number of alkyl halides is 1. The van der Waals surface area contributed by atoms with Crippen molar-refractivity contribution >= 4 is 21.6 Å². The first-order chi connectivity index (χ1) is 7.14. The van der Waals surface area contributed by atoms with Crippen LogP contribution in [0.2, 0.25) is 0 Å². The second-order valence-electron chi connectivity index (χ2n) is 2.97. The van der Waals surface area contributed by atoms with Crippen molar-refractivity contribution in [3.05, 3.63) is 30.1 Å². The highest BCUT2D eigenvalue weighted by molar-refractivity contribution is 7.89. The van der Waals surface area contributed by atoms with E-state index in [0.717, 1.165) is 5.69 Å². The molecule has 0 saturated carbocycles. The van der Waals surface area contributed by atoms with Crippen molar-refractivity contribution in [2.75, 3.05) is 18.2 Å². The van der Waals surface area contributed by atoms with Crippen LogP contribution < -0.4 is 4.72 Å². The van der Waals surface area contributed by atoms with Gasteiger partial charge in [-0.3, -0.25) is 4.98 Å². The van der Waals surface area contributed by atoms with E-state index in [2.05, 4.69) is 9.71 Å². The normalized spacial score (nSPS) is 11.5. The zero-order chi connectivity index (χ0) is 11.1. The Balaban J connectivity index is 2.43. The Morgan fingerprint density at radius 1 is 1.40 bits per heavy atom. The molecule has 0 spiro atoms. The van der Waals surface area contributed by atoms with Crippen LogP contribution in [0.3, 0.4) is 0 Å². The summed E-state index contributed by atoms with van der Waals surface area (Å²) in [5.41, 5.74) is 0.772. The van der Waals surface area contributed by atoms with Crippen LogP contribution in [0.5, 0.6) is 0 Å². The smallest absolute Gasteiger partial charge is 0.212 e. The summed E-state index contributed by atoms with van der Waals surface area (Å²) in [6.07, 6.45) is 2.06. The van der Waals surface area contributed by atoms with Crippen molar-refractivity contribution in [2.45, 2.75) is 6.42 Å². The fraction of sp³-hybridized carbons (Fsp3) is 0.444. The predicted molar refractivity (Wildman–Crippen MR) is 60.5 cm³/mol. The second kappa shape index (κ2) is 6.05. The Hall–Kier alpha value is -0.650. The first-order valence-corrected chi connectivity index (χ1v) is 6.76. The van der Waals surface area contributed by atoms with E-state index in [9.17, 15) is 8.42 Å². The van der Waals surface area contributed by atoms with Gasteiger partial charge in [0.2, 0.25) is 10.0 Å². The minimum Gasteiger partial charge on any atom is -0.261 e. The standard InChI is InChI=1S/C9H13ClN2O2S/c10-5-7-12-15(13,14)8-4-9-3-1-2-6-11-9/h1-3,6,12H,4-5,7-8H2. The molecular formula is C9H13ClN2O2S. The van der Waals surface area contributed by atoms with E-state index >= 15 is 0 Å². The van der Waals surface area contributed by atoms with Crippen LogP contribution in [0.4, 0.5) is 0 Å². The van der Waals surface area contributed by atoms with Crippen LogP contribution in [0, 0.1) is 0 Å². The van der Waals surface area contributed by atoms with E-state index in [1.165, 1.54) is 0 Å². The summed E-state index contributed by atoms with van der Waals surface area (Å²) in [7, 11) is -3.22. The fourth-order valence-corrected chi connectivity index (χ4v) is 2.29.